The smallest absolute Gasteiger partial charge is 0.409 e. The van der Waals surface area contributed by atoms with E-state index in [0.717, 1.165) is 25.2 Å². The lowest BCUT2D eigenvalue weighted by molar-refractivity contribution is 0.132. The van der Waals surface area contributed by atoms with E-state index in [0.29, 0.717) is 12.6 Å². The fraction of sp³-hybridized carbons (Fsp3) is 0.375. The van der Waals surface area contributed by atoms with E-state index in [1.807, 2.05) is 29.1 Å². The molecule has 1 aliphatic heterocycles. The first-order valence-corrected chi connectivity index (χ1v) is 7.42. The maximum atomic E-state index is 11.5. The molecule has 6 heteroatoms. The highest BCUT2D eigenvalue weighted by atomic mass is 16.5. The van der Waals surface area contributed by atoms with Crippen LogP contribution >= 0.6 is 0 Å². The summed E-state index contributed by atoms with van der Waals surface area (Å²) in [6.07, 6.45) is 4.41. The fourth-order valence-corrected chi connectivity index (χ4v) is 2.77. The molecular formula is C16H20N4O2. The lowest BCUT2D eigenvalue weighted by atomic mass is 10.1. The van der Waals surface area contributed by atoms with Crippen molar-refractivity contribution in [3.8, 4) is 5.69 Å². The summed E-state index contributed by atoms with van der Waals surface area (Å²) in [5, 5.41) is 7.81. The number of ether oxygens (including phenoxy) is 1. The number of hydrogen-bond acceptors (Lipinski definition) is 4. The van der Waals surface area contributed by atoms with Crippen LogP contribution in [-0.4, -0.2) is 47.0 Å². The first-order valence-electron chi connectivity index (χ1n) is 7.42. The maximum Gasteiger partial charge on any atom is 0.409 e. The lowest BCUT2D eigenvalue weighted by Gasteiger charge is -2.16. The Balaban J connectivity index is 1.62. The molecule has 1 saturated heterocycles. The third-order valence-electron chi connectivity index (χ3n) is 3.95. The topological polar surface area (TPSA) is 59.4 Å². The van der Waals surface area contributed by atoms with Gasteiger partial charge in [-0.05, 0) is 24.1 Å². The summed E-state index contributed by atoms with van der Waals surface area (Å²) in [7, 11) is 1.42. The van der Waals surface area contributed by atoms with Gasteiger partial charge >= 0.3 is 6.09 Å². The zero-order valence-corrected chi connectivity index (χ0v) is 12.6. The van der Waals surface area contributed by atoms with Crippen molar-refractivity contribution < 1.29 is 9.53 Å². The van der Waals surface area contributed by atoms with E-state index >= 15 is 0 Å². The van der Waals surface area contributed by atoms with E-state index in [1.54, 1.807) is 11.1 Å². The van der Waals surface area contributed by atoms with E-state index in [4.69, 9.17) is 4.74 Å². The van der Waals surface area contributed by atoms with Crippen LogP contribution in [0, 0.1) is 0 Å². The first-order chi connectivity index (χ1) is 10.8. The minimum atomic E-state index is -0.249. The van der Waals surface area contributed by atoms with Gasteiger partial charge in [0.05, 0.1) is 12.8 Å². The molecule has 22 heavy (non-hydrogen) atoms. The number of para-hydroxylation sites is 1. The van der Waals surface area contributed by atoms with E-state index in [1.165, 1.54) is 12.7 Å². The van der Waals surface area contributed by atoms with Gasteiger partial charge in [0.2, 0.25) is 0 Å². The van der Waals surface area contributed by atoms with Crippen LogP contribution in [0.15, 0.2) is 42.7 Å². The van der Waals surface area contributed by atoms with Gasteiger partial charge in [-0.2, -0.15) is 5.10 Å². The number of likely N-dealkylation sites (tertiary alicyclic amines) is 1. The van der Waals surface area contributed by atoms with Crippen LogP contribution in [-0.2, 0) is 11.3 Å². The Morgan fingerprint density at radius 2 is 2.27 bits per heavy atom. The normalized spacial score (nSPS) is 17.7. The molecule has 1 fully saturated rings. The molecule has 2 heterocycles. The average Bonchev–Trinajstić information content (AvgIpc) is 3.24. The van der Waals surface area contributed by atoms with Crippen LogP contribution in [0.3, 0.4) is 0 Å². The van der Waals surface area contributed by atoms with E-state index in [2.05, 4.69) is 22.5 Å². The van der Waals surface area contributed by atoms with Gasteiger partial charge in [-0.1, -0.05) is 18.2 Å². The summed E-state index contributed by atoms with van der Waals surface area (Å²) in [4.78, 5) is 13.2. The predicted molar refractivity (Wildman–Crippen MR) is 82.8 cm³/mol. The summed E-state index contributed by atoms with van der Waals surface area (Å²) in [6, 6.07) is 10.4. The zero-order chi connectivity index (χ0) is 15.4. The Labute approximate surface area is 129 Å². The zero-order valence-electron chi connectivity index (χ0n) is 12.6. The second-order valence-electron chi connectivity index (χ2n) is 5.36. The van der Waals surface area contributed by atoms with Crippen molar-refractivity contribution in [2.24, 2.45) is 0 Å². The average molecular weight is 300 g/mol. The molecule has 1 aromatic heterocycles. The van der Waals surface area contributed by atoms with Gasteiger partial charge in [-0.15, -0.1) is 0 Å². The predicted octanol–water partition coefficient (Wildman–Crippen LogP) is 1.80. The van der Waals surface area contributed by atoms with Crippen molar-refractivity contribution in [1.29, 1.82) is 0 Å². The Hall–Kier alpha value is -2.34. The standard InChI is InChI=1S/C16H20N4O2/c1-22-16(21)19-10-7-14(12-19)17-11-13-5-2-3-6-15(13)20-9-4-8-18-20/h2-6,8-9,14,17H,7,10-12H2,1H3. The van der Waals surface area contributed by atoms with Crippen LogP contribution < -0.4 is 5.32 Å². The Morgan fingerprint density at radius 3 is 3.05 bits per heavy atom. The van der Waals surface area contributed by atoms with Gasteiger partial charge in [0.1, 0.15) is 0 Å². The molecule has 1 atom stereocenters. The van der Waals surface area contributed by atoms with Crippen molar-refractivity contribution in [2.75, 3.05) is 20.2 Å². The molecule has 0 bridgehead atoms. The quantitative estimate of drug-likeness (QED) is 0.935. The van der Waals surface area contributed by atoms with Gasteiger partial charge in [-0.25, -0.2) is 9.48 Å². The molecule has 0 aliphatic carbocycles. The van der Waals surface area contributed by atoms with E-state index in [9.17, 15) is 4.79 Å². The van der Waals surface area contributed by atoms with Crippen molar-refractivity contribution in [3.05, 3.63) is 48.3 Å². The van der Waals surface area contributed by atoms with E-state index in [-0.39, 0.29) is 6.09 Å². The molecule has 0 radical (unpaired) electrons. The van der Waals surface area contributed by atoms with Crippen LogP contribution in [0.1, 0.15) is 12.0 Å². The van der Waals surface area contributed by atoms with Crippen molar-refractivity contribution >= 4 is 6.09 Å². The van der Waals surface area contributed by atoms with Gasteiger partial charge in [0.15, 0.2) is 0 Å². The van der Waals surface area contributed by atoms with Gasteiger partial charge in [0, 0.05) is 38.1 Å². The summed E-state index contributed by atoms with van der Waals surface area (Å²) < 4.78 is 6.63. The van der Waals surface area contributed by atoms with Crippen molar-refractivity contribution in [2.45, 2.75) is 19.0 Å². The second-order valence-corrected chi connectivity index (χ2v) is 5.36. The maximum absolute atomic E-state index is 11.5. The molecule has 1 aliphatic rings. The third-order valence-corrected chi connectivity index (χ3v) is 3.95. The van der Waals surface area contributed by atoms with Gasteiger partial charge in [-0.3, -0.25) is 0 Å². The number of amides is 1. The number of nitrogens with one attached hydrogen (secondary N) is 1. The monoisotopic (exact) mass is 300 g/mol. The minimum absolute atomic E-state index is 0.249. The summed E-state index contributed by atoms with van der Waals surface area (Å²) in [5.41, 5.74) is 2.26. The van der Waals surface area contributed by atoms with E-state index < -0.39 is 0 Å². The number of methoxy groups -OCH3 is 1. The number of nitrogens with zero attached hydrogens (tertiary/aromatic N) is 3. The largest absolute Gasteiger partial charge is 0.453 e. The highest BCUT2D eigenvalue weighted by molar-refractivity contribution is 5.67. The van der Waals surface area contributed by atoms with Crippen LogP contribution in [0.4, 0.5) is 4.79 Å². The Kier molecular flexibility index (Phi) is 4.39. The summed E-state index contributed by atoms with van der Waals surface area (Å²) in [5.74, 6) is 0. The molecule has 116 valence electrons. The number of benzene rings is 1. The SMILES string of the molecule is COC(=O)N1CCC(NCc2ccccc2-n2cccn2)C1. The molecule has 0 spiro atoms. The molecule has 0 saturated carbocycles. The highest BCUT2D eigenvalue weighted by Gasteiger charge is 2.26. The highest BCUT2D eigenvalue weighted by Crippen LogP contribution is 2.15. The van der Waals surface area contributed by atoms with Gasteiger partial charge in [0.25, 0.3) is 0 Å². The Morgan fingerprint density at radius 1 is 1.41 bits per heavy atom. The summed E-state index contributed by atoms with van der Waals surface area (Å²) in [6.45, 7) is 2.18. The van der Waals surface area contributed by atoms with Gasteiger partial charge < -0.3 is 15.0 Å². The van der Waals surface area contributed by atoms with Crippen LogP contribution in [0.2, 0.25) is 0 Å². The lowest BCUT2D eigenvalue weighted by Crippen LogP contribution is -2.35. The van der Waals surface area contributed by atoms with Crippen LogP contribution in [0.5, 0.6) is 0 Å². The van der Waals surface area contributed by atoms with Crippen molar-refractivity contribution in [1.82, 2.24) is 20.0 Å². The number of hydrogen-bond donors (Lipinski definition) is 1. The molecule has 1 aromatic carbocycles. The number of carbonyl (C=O) groups is 1. The number of rotatable bonds is 4. The van der Waals surface area contributed by atoms with Crippen molar-refractivity contribution in [3.63, 3.8) is 0 Å². The molecule has 6 nitrogen and oxygen atoms in total. The Bertz CT molecular complexity index is 627. The first kappa shape index (κ1) is 14.6. The second kappa shape index (κ2) is 6.62. The molecule has 3 rings (SSSR count). The fourth-order valence-electron chi connectivity index (χ4n) is 2.77. The summed E-state index contributed by atoms with van der Waals surface area (Å²) >= 11 is 0. The molecular weight excluding hydrogens is 280 g/mol. The minimum Gasteiger partial charge on any atom is -0.453 e. The third kappa shape index (κ3) is 3.12. The molecule has 1 unspecified atom stereocenters. The molecule has 1 amide bonds. The number of carbonyl (C=O) groups excluding carboxylic acids is 1. The molecule has 2 aromatic rings. The molecule has 1 N–H and O–H groups in total. The van der Waals surface area contributed by atoms with Crippen LogP contribution in [0.25, 0.3) is 5.69 Å². The number of aromatic nitrogens is 2.